The maximum Gasteiger partial charge on any atom is -0.00406 e. The van der Waals surface area contributed by atoms with Gasteiger partial charge in [0.25, 0.3) is 0 Å². The molecular formula is C16H24S. The van der Waals surface area contributed by atoms with Crippen molar-refractivity contribution in [3.8, 4) is 0 Å². The van der Waals surface area contributed by atoms with E-state index in [-0.39, 0.29) is 0 Å². The van der Waals surface area contributed by atoms with Crippen LogP contribution in [-0.4, -0.2) is 4.86 Å². The largest absolute Gasteiger partial charge is 0.0894 e. The standard InChI is InChI=1S/C10H18S.C6H6/c1-2-3-4-5-6-10(11)9-7-8-9;1-2-4-6-5-3-1/h9H,2-8H2,1H3;1-6H. The molecule has 1 aliphatic rings. The van der Waals surface area contributed by atoms with Crippen molar-refractivity contribution in [1.29, 1.82) is 0 Å². The zero-order chi connectivity index (χ0) is 12.3. The van der Waals surface area contributed by atoms with Crippen LogP contribution in [0.15, 0.2) is 36.4 Å². The molecule has 1 aliphatic carbocycles. The third-order valence-corrected chi connectivity index (χ3v) is 3.51. The zero-order valence-corrected chi connectivity index (χ0v) is 11.7. The molecule has 0 unspecified atom stereocenters. The smallest absolute Gasteiger partial charge is 0.00406 e. The van der Waals surface area contributed by atoms with Crippen molar-refractivity contribution in [2.24, 2.45) is 5.92 Å². The minimum Gasteiger partial charge on any atom is -0.0894 e. The third kappa shape index (κ3) is 8.09. The highest BCUT2D eigenvalue weighted by molar-refractivity contribution is 7.80. The second kappa shape index (κ2) is 9.35. The molecule has 0 saturated heterocycles. The number of hydrogen-bond acceptors (Lipinski definition) is 1. The molecule has 0 aliphatic heterocycles. The van der Waals surface area contributed by atoms with Gasteiger partial charge in [-0.2, -0.15) is 0 Å². The summed E-state index contributed by atoms with van der Waals surface area (Å²) in [7, 11) is 0. The molecule has 0 aromatic heterocycles. The van der Waals surface area contributed by atoms with Gasteiger partial charge in [-0.05, 0) is 36.5 Å². The van der Waals surface area contributed by atoms with Crippen molar-refractivity contribution in [1.82, 2.24) is 0 Å². The summed E-state index contributed by atoms with van der Waals surface area (Å²) in [4.78, 5) is 1.36. The fourth-order valence-electron chi connectivity index (χ4n) is 1.72. The monoisotopic (exact) mass is 248 g/mol. The van der Waals surface area contributed by atoms with E-state index in [1.165, 1.54) is 49.8 Å². The van der Waals surface area contributed by atoms with E-state index in [0.717, 1.165) is 5.92 Å². The van der Waals surface area contributed by atoms with Crippen molar-refractivity contribution in [2.45, 2.75) is 51.9 Å². The minimum absolute atomic E-state index is 0.853. The van der Waals surface area contributed by atoms with Crippen LogP contribution in [0.5, 0.6) is 0 Å². The van der Waals surface area contributed by atoms with E-state index in [0.29, 0.717) is 0 Å². The lowest BCUT2D eigenvalue weighted by Gasteiger charge is -1.99. The summed E-state index contributed by atoms with van der Waals surface area (Å²) in [5, 5.41) is 0. The lowest BCUT2D eigenvalue weighted by Crippen LogP contribution is -1.95. The molecule has 0 spiro atoms. The van der Waals surface area contributed by atoms with Crippen molar-refractivity contribution in [2.75, 3.05) is 0 Å². The molecule has 0 atom stereocenters. The van der Waals surface area contributed by atoms with Crippen molar-refractivity contribution >= 4 is 17.1 Å². The van der Waals surface area contributed by atoms with Gasteiger partial charge in [0.15, 0.2) is 0 Å². The quantitative estimate of drug-likeness (QED) is 0.478. The summed E-state index contributed by atoms with van der Waals surface area (Å²) >= 11 is 5.29. The third-order valence-electron chi connectivity index (χ3n) is 2.98. The normalized spacial score (nSPS) is 13.7. The Kier molecular flexibility index (Phi) is 7.91. The number of unbranched alkanes of at least 4 members (excludes halogenated alkanes) is 3. The summed E-state index contributed by atoms with van der Waals surface area (Å²) < 4.78 is 0. The van der Waals surface area contributed by atoms with Gasteiger partial charge in [-0.3, -0.25) is 0 Å². The van der Waals surface area contributed by atoms with Gasteiger partial charge in [0.05, 0.1) is 0 Å². The average molecular weight is 248 g/mol. The van der Waals surface area contributed by atoms with E-state index >= 15 is 0 Å². The highest BCUT2D eigenvalue weighted by Crippen LogP contribution is 2.32. The molecule has 94 valence electrons. The first-order valence-electron chi connectivity index (χ1n) is 6.87. The van der Waals surface area contributed by atoms with Gasteiger partial charge in [-0.1, -0.05) is 74.8 Å². The lowest BCUT2D eigenvalue weighted by atomic mass is 10.1. The minimum atomic E-state index is 0.853. The van der Waals surface area contributed by atoms with Crippen LogP contribution in [0.2, 0.25) is 0 Å². The Labute approximate surface area is 111 Å². The SMILES string of the molecule is CCCCCCC(=S)C1CC1.c1ccccc1. The predicted molar refractivity (Wildman–Crippen MR) is 80.5 cm³/mol. The van der Waals surface area contributed by atoms with Crippen LogP contribution in [0.4, 0.5) is 0 Å². The summed E-state index contributed by atoms with van der Waals surface area (Å²) in [5.41, 5.74) is 0. The van der Waals surface area contributed by atoms with Crippen LogP contribution in [0, 0.1) is 5.92 Å². The molecule has 1 heteroatoms. The fourth-order valence-corrected chi connectivity index (χ4v) is 2.10. The number of thiocarbonyl (C=S) groups is 1. The molecule has 0 amide bonds. The van der Waals surface area contributed by atoms with Gasteiger partial charge in [-0.15, -0.1) is 0 Å². The van der Waals surface area contributed by atoms with Crippen molar-refractivity contribution < 1.29 is 0 Å². The Bertz CT molecular complexity index is 261. The molecular weight excluding hydrogens is 224 g/mol. The molecule has 1 saturated carbocycles. The molecule has 0 radical (unpaired) electrons. The summed E-state index contributed by atoms with van der Waals surface area (Å²) in [6.07, 6.45) is 9.41. The van der Waals surface area contributed by atoms with Crippen LogP contribution in [0.25, 0.3) is 0 Å². The predicted octanol–water partition coefficient (Wildman–Crippen LogP) is 5.42. The van der Waals surface area contributed by atoms with Crippen LogP contribution in [0.3, 0.4) is 0 Å². The Morgan fingerprint density at radius 1 is 0.941 bits per heavy atom. The summed E-state index contributed by atoms with van der Waals surface area (Å²) in [5.74, 6) is 0.853. The van der Waals surface area contributed by atoms with E-state index < -0.39 is 0 Å². The Morgan fingerprint density at radius 3 is 1.88 bits per heavy atom. The number of hydrogen-bond donors (Lipinski definition) is 0. The van der Waals surface area contributed by atoms with E-state index in [9.17, 15) is 0 Å². The van der Waals surface area contributed by atoms with Gasteiger partial charge in [0.2, 0.25) is 0 Å². The van der Waals surface area contributed by atoms with Crippen LogP contribution < -0.4 is 0 Å². The molecule has 2 rings (SSSR count). The first-order valence-corrected chi connectivity index (χ1v) is 7.28. The molecule has 0 bridgehead atoms. The van der Waals surface area contributed by atoms with E-state index in [4.69, 9.17) is 12.2 Å². The van der Waals surface area contributed by atoms with Gasteiger partial charge in [0, 0.05) is 0 Å². The number of rotatable bonds is 6. The van der Waals surface area contributed by atoms with E-state index in [1.807, 2.05) is 36.4 Å². The zero-order valence-electron chi connectivity index (χ0n) is 10.9. The first kappa shape index (κ1) is 14.4. The molecule has 0 heterocycles. The van der Waals surface area contributed by atoms with Crippen LogP contribution >= 0.6 is 12.2 Å². The molecule has 1 fully saturated rings. The summed E-state index contributed by atoms with van der Waals surface area (Å²) in [6.45, 7) is 2.25. The van der Waals surface area contributed by atoms with Crippen molar-refractivity contribution in [3.63, 3.8) is 0 Å². The van der Waals surface area contributed by atoms with Crippen LogP contribution in [-0.2, 0) is 0 Å². The Morgan fingerprint density at radius 2 is 1.47 bits per heavy atom. The van der Waals surface area contributed by atoms with Crippen molar-refractivity contribution in [3.05, 3.63) is 36.4 Å². The van der Waals surface area contributed by atoms with E-state index in [1.54, 1.807) is 0 Å². The van der Waals surface area contributed by atoms with Crippen LogP contribution in [0.1, 0.15) is 51.9 Å². The maximum atomic E-state index is 5.29. The average Bonchev–Trinajstić information content (AvgIpc) is 3.22. The Hall–Kier alpha value is -0.690. The van der Waals surface area contributed by atoms with Gasteiger partial charge >= 0.3 is 0 Å². The van der Waals surface area contributed by atoms with Gasteiger partial charge < -0.3 is 0 Å². The number of benzene rings is 1. The highest BCUT2D eigenvalue weighted by Gasteiger charge is 2.24. The first-order chi connectivity index (χ1) is 8.34. The second-order valence-electron chi connectivity index (χ2n) is 4.71. The topological polar surface area (TPSA) is 0 Å². The summed E-state index contributed by atoms with van der Waals surface area (Å²) in [6, 6.07) is 12.0. The fraction of sp³-hybridized carbons (Fsp3) is 0.562. The highest BCUT2D eigenvalue weighted by atomic mass is 32.1. The molecule has 1 aromatic rings. The molecule has 0 nitrogen and oxygen atoms in total. The van der Waals surface area contributed by atoms with Gasteiger partial charge in [0.1, 0.15) is 0 Å². The molecule has 17 heavy (non-hydrogen) atoms. The maximum absolute atomic E-state index is 5.29. The lowest BCUT2D eigenvalue weighted by molar-refractivity contribution is 0.681. The second-order valence-corrected chi connectivity index (χ2v) is 5.23. The molecule has 0 N–H and O–H groups in total. The Balaban J connectivity index is 0.000000202. The van der Waals surface area contributed by atoms with E-state index in [2.05, 4.69) is 6.92 Å². The molecule has 1 aromatic carbocycles. The van der Waals surface area contributed by atoms with Gasteiger partial charge in [-0.25, -0.2) is 0 Å².